The molecule has 2 aromatic heterocycles. The van der Waals surface area contributed by atoms with E-state index < -0.39 is 0 Å². The number of nitrogens with zero attached hydrogens (tertiary/aromatic N) is 7. The summed E-state index contributed by atoms with van der Waals surface area (Å²) in [6.45, 7) is 0.627. The van der Waals surface area contributed by atoms with Crippen LogP contribution in [-0.4, -0.2) is 62.1 Å². The molecule has 0 unspecified atom stereocenters. The Bertz CT molecular complexity index is 1180. The number of hydrogen-bond donors (Lipinski definition) is 1. The van der Waals surface area contributed by atoms with E-state index in [1.807, 2.05) is 6.20 Å². The van der Waals surface area contributed by atoms with Crippen molar-refractivity contribution in [2.75, 3.05) is 25.5 Å². The monoisotopic (exact) mass is 458 g/mol. The summed E-state index contributed by atoms with van der Waals surface area (Å²) >= 11 is 0. The molecule has 1 saturated heterocycles. The number of urea groups is 1. The highest BCUT2D eigenvalue weighted by Gasteiger charge is 2.50. The molecule has 2 aliphatic carbocycles. The number of anilines is 1. The zero-order valence-electron chi connectivity index (χ0n) is 19.7. The van der Waals surface area contributed by atoms with Crippen molar-refractivity contribution < 1.29 is 4.79 Å². The number of amides is 2. The first-order valence-corrected chi connectivity index (χ1v) is 12.1. The van der Waals surface area contributed by atoms with Crippen LogP contribution < -0.4 is 10.2 Å². The van der Waals surface area contributed by atoms with Gasteiger partial charge in [-0.15, -0.1) is 5.10 Å². The Morgan fingerprint density at radius 3 is 2.38 bits per heavy atom. The number of nitrogens with one attached hydrogen (secondary N) is 1. The molecule has 34 heavy (non-hydrogen) atoms. The van der Waals surface area contributed by atoms with Crippen molar-refractivity contribution in [1.82, 2.24) is 35.2 Å². The second-order valence-corrected chi connectivity index (χ2v) is 10.2. The maximum absolute atomic E-state index is 13.0. The molecule has 3 aromatic rings. The maximum Gasteiger partial charge on any atom is 0.322 e. The van der Waals surface area contributed by atoms with Crippen molar-refractivity contribution in [3.63, 3.8) is 0 Å². The first-order valence-electron chi connectivity index (χ1n) is 12.1. The summed E-state index contributed by atoms with van der Waals surface area (Å²) in [6, 6.07) is 10.6. The molecule has 3 aliphatic rings. The van der Waals surface area contributed by atoms with Crippen LogP contribution in [0.15, 0.2) is 48.9 Å². The molecule has 3 fully saturated rings. The van der Waals surface area contributed by atoms with Gasteiger partial charge in [0, 0.05) is 11.5 Å². The Hall–Kier alpha value is -3.33. The summed E-state index contributed by atoms with van der Waals surface area (Å²) in [5.41, 5.74) is 2.81. The van der Waals surface area contributed by atoms with Gasteiger partial charge >= 0.3 is 6.03 Å². The van der Waals surface area contributed by atoms with Gasteiger partial charge in [0.2, 0.25) is 0 Å². The highest BCUT2D eigenvalue weighted by Crippen LogP contribution is 2.46. The van der Waals surface area contributed by atoms with E-state index in [2.05, 4.69) is 74.9 Å². The minimum Gasteiger partial charge on any atom is -0.330 e. The standard InChI is InChI=1S/C25H30N8O/c1-31(2)25(19-6-4-3-5-7-19)12-10-24(11-13-25)17-32(23(34)28-24)20-14-26-22(27-15-20)33-16-21(29-30-33)18-8-9-18/h3-7,14-16,18H,8-13,17H2,1-2H3,(H,28,34)/t24-,25+. The van der Waals surface area contributed by atoms with Gasteiger partial charge in [-0.3, -0.25) is 9.80 Å². The molecular weight excluding hydrogens is 428 g/mol. The molecule has 1 aromatic carbocycles. The number of rotatable bonds is 5. The summed E-state index contributed by atoms with van der Waals surface area (Å²) in [5, 5.41) is 11.7. The molecule has 1 aliphatic heterocycles. The molecule has 6 rings (SSSR count). The lowest BCUT2D eigenvalue weighted by Crippen LogP contribution is -2.54. The normalized spacial score (nSPS) is 26.9. The van der Waals surface area contributed by atoms with Crippen molar-refractivity contribution in [2.24, 2.45) is 0 Å². The van der Waals surface area contributed by atoms with Gasteiger partial charge in [0.1, 0.15) is 0 Å². The molecule has 1 spiro atoms. The number of hydrogen-bond acceptors (Lipinski definition) is 6. The number of carbonyl (C=O) groups is 1. The number of carbonyl (C=O) groups excluding carboxylic acids is 1. The molecule has 0 atom stereocenters. The van der Waals surface area contributed by atoms with Gasteiger partial charge in [-0.05, 0) is 58.2 Å². The van der Waals surface area contributed by atoms with Crippen LogP contribution in [0, 0.1) is 0 Å². The van der Waals surface area contributed by atoms with Crippen molar-refractivity contribution in [3.8, 4) is 5.95 Å². The van der Waals surface area contributed by atoms with Crippen LogP contribution in [0.3, 0.4) is 0 Å². The van der Waals surface area contributed by atoms with Crippen LogP contribution in [0.1, 0.15) is 55.7 Å². The lowest BCUT2D eigenvalue weighted by atomic mass is 9.69. The Balaban J connectivity index is 1.17. The van der Waals surface area contributed by atoms with Crippen LogP contribution >= 0.6 is 0 Å². The molecular formula is C25H30N8O. The van der Waals surface area contributed by atoms with E-state index in [0.717, 1.165) is 31.4 Å². The van der Waals surface area contributed by atoms with Gasteiger partial charge in [0.15, 0.2) is 0 Å². The molecule has 0 bridgehead atoms. The van der Waals surface area contributed by atoms with E-state index >= 15 is 0 Å². The Kier molecular flexibility index (Phi) is 4.91. The SMILES string of the molecule is CN(C)[C@]1(c2ccccc2)CC[C@]2(CC1)CN(c1cnc(-n3cc(C4CC4)nn3)nc1)C(=O)N2. The Morgan fingerprint density at radius 1 is 1.03 bits per heavy atom. The lowest BCUT2D eigenvalue weighted by molar-refractivity contribution is 0.0658. The van der Waals surface area contributed by atoms with E-state index in [0.29, 0.717) is 24.1 Å². The summed E-state index contributed by atoms with van der Waals surface area (Å²) < 4.78 is 1.61. The Morgan fingerprint density at radius 2 is 1.74 bits per heavy atom. The molecule has 9 nitrogen and oxygen atoms in total. The average Bonchev–Trinajstić information content (AvgIpc) is 3.50. The van der Waals surface area contributed by atoms with Crippen LogP contribution in [0.4, 0.5) is 10.5 Å². The third-order valence-electron chi connectivity index (χ3n) is 7.93. The summed E-state index contributed by atoms with van der Waals surface area (Å²) in [6.07, 6.45) is 11.5. The maximum atomic E-state index is 13.0. The third kappa shape index (κ3) is 3.55. The van der Waals surface area contributed by atoms with Crippen molar-refractivity contribution >= 4 is 11.7 Å². The van der Waals surface area contributed by atoms with Crippen molar-refractivity contribution in [3.05, 3.63) is 60.2 Å². The van der Waals surface area contributed by atoms with E-state index in [9.17, 15) is 4.79 Å². The van der Waals surface area contributed by atoms with Crippen LogP contribution in [0.2, 0.25) is 0 Å². The lowest BCUT2D eigenvalue weighted by Gasteiger charge is -2.48. The topological polar surface area (TPSA) is 92.1 Å². The molecule has 3 heterocycles. The number of benzene rings is 1. The predicted octanol–water partition coefficient (Wildman–Crippen LogP) is 3.23. The average molecular weight is 459 g/mol. The first-order chi connectivity index (χ1) is 16.5. The minimum absolute atomic E-state index is 0.00740. The fourth-order valence-electron chi connectivity index (χ4n) is 5.60. The first kappa shape index (κ1) is 21.2. The fourth-order valence-corrected chi connectivity index (χ4v) is 5.60. The molecule has 2 amide bonds. The van der Waals surface area contributed by atoms with Crippen LogP contribution in [-0.2, 0) is 5.54 Å². The molecule has 9 heteroatoms. The second-order valence-electron chi connectivity index (χ2n) is 10.2. The van der Waals surface area contributed by atoms with Crippen LogP contribution in [0.5, 0.6) is 0 Å². The van der Waals surface area contributed by atoms with Gasteiger partial charge in [0.25, 0.3) is 5.95 Å². The van der Waals surface area contributed by atoms with E-state index in [1.165, 1.54) is 18.4 Å². The van der Waals surface area contributed by atoms with E-state index in [4.69, 9.17) is 0 Å². The van der Waals surface area contributed by atoms with Gasteiger partial charge in [-0.25, -0.2) is 14.8 Å². The van der Waals surface area contributed by atoms with E-state index in [-0.39, 0.29) is 17.1 Å². The highest BCUT2D eigenvalue weighted by atomic mass is 16.2. The minimum atomic E-state index is -0.227. The summed E-state index contributed by atoms with van der Waals surface area (Å²) in [4.78, 5) is 26.0. The quantitative estimate of drug-likeness (QED) is 0.631. The van der Waals surface area contributed by atoms with Gasteiger partial charge in [0.05, 0.1) is 42.1 Å². The predicted molar refractivity (Wildman–Crippen MR) is 128 cm³/mol. The van der Waals surface area contributed by atoms with Crippen LogP contribution in [0.25, 0.3) is 5.95 Å². The van der Waals surface area contributed by atoms with Gasteiger partial charge < -0.3 is 5.32 Å². The molecule has 2 saturated carbocycles. The summed E-state index contributed by atoms with van der Waals surface area (Å²) in [5.74, 6) is 0.995. The molecule has 176 valence electrons. The molecule has 1 N–H and O–H groups in total. The van der Waals surface area contributed by atoms with Crippen molar-refractivity contribution in [1.29, 1.82) is 0 Å². The van der Waals surface area contributed by atoms with Gasteiger partial charge in [-0.1, -0.05) is 35.5 Å². The smallest absolute Gasteiger partial charge is 0.322 e. The Labute approximate surface area is 199 Å². The zero-order chi connectivity index (χ0) is 23.3. The fraction of sp³-hybridized carbons (Fsp3) is 0.480. The third-order valence-corrected chi connectivity index (χ3v) is 7.93. The summed E-state index contributed by atoms with van der Waals surface area (Å²) in [7, 11) is 4.32. The van der Waals surface area contributed by atoms with E-state index in [1.54, 1.807) is 22.0 Å². The van der Waals surface area contributed by atoms with Gasteiger partial charge in [-0.2, -0.15) is 4.68 Å². The zero-order valence-corrected chi connectivity index (χ0v) is 19.7. The van der Waals surface area contributed by atoms with Crippen molar-refractivity contribution in [2.45, 2.75) is 55.5 Å². The highest BCUT2D eigenvalue weighted by molar-refractivity contribution is 5.95. The second kappa shape index (κ2) is 7.87. The molecule has 0 radical (unpaired) electrons. The number of aromatic nitrogens is 5. The largest absolute Gasteiger partial charge is 0.330 e.